The third kappa shape index (κ3) is 3.04. The monoisotopic (exact) mass is 316 g/mol. The van der Waals surface area contributed by atoms with Gasteiger partial charge in [-0.15, -0.1) is 0 Å². The summed E-state index contributed by atoms with van der Waals surface area (Å²) < 4.78 is 11.3. The molecule has 1 aliphatic heterocycles. The zero-order chi connectivity index (χ0) is 13.3. The highest BCUT2D eigenvalue weighted by atomic mass is 79.9. The lowest BCUT2D eigenvalue weighted by Crippen LogP contribution is -2.36. The molecule has 2 heterocycles. The van der Waals surface area contributed by atoms with Crippen molar-refractivity contribution in [3.63, 3.8) is 0 Å². The SMILES string of the molecule is CC(C)(C)OC(=O)N1CCCC1c1cc(Br)no1. The maximum Gasteiger partial charge on any atom is 0.410 e. The van der Waals surface area contributed by atoms with Crippen LogP contribution in [0.15, 0.2) is 15.2 Å². The molecule has 0 aliphatic carbocycles. The zero-order valence-electron chi connectivity index (χ0n) is 10.8. The molecule has 18 heavy (non-hydrogen) atoms. The predicted octanol–water partition coefficient (Wildman–Crippen LogP) is 3.51. The van der Waals surface area contributed by atoms with E-state index in [-0.39, 0.29) is 12.1 Å². The molecule has 2 rings (SSSR count). The molecule has 0 bridgehead atoms. The molecule has 1 saturated heterocycles. The number of halogens is 1. The third-order valence-electron chi connectivity index (χ3n) is 2.71. The van der Waals surface area contributed by atoms with Gasteiger partial charge in [-0.2, -0.15) is 0 Å². The molecule has 0 radical (unpaired) electrons. The average molecular weight is 317 g/mol. The van der Waals surface area contributed by atoms with E-state index < -0.39 is 5.60 Å². The topological polar surface area (TPSA) is 55.6 Å². The fourth-order valence-electron chi connectivity index (χ4n) is 2.03. The number of carbonyl (C=O) groups excluding carboxylic acids is 1. The van der Waals surface area contributed by atoms with Crippen molar-refractivity contribution in [3.05, 3.63) is 16.4 Å². The van der Waals surface area contributed by atoms with Crippen LogP contribution in [0.2, 0.25) is 0 Å². The van der Waals surface area contributed by atoms with Gasteiger partial charge in [0, 0.05) is 12.6 Å². The maximum absolute atomic E-state index is 12.1. The summed E-state index contributed by atoms with van der Waals surface area (Å²) in [6, 6.07) is 1.73. The van der Waals surface area contributed by atoms with E-state index in [9.17, 15) is 4.79 Å². The first kappa shape index (κ1) is 13.4. The van der Waals surface area contributed by atoms with Crippen molar-refractivity contribution in [1.29, 1.82) is 0 Å². The van der Waals surface area contributed by atoms with Gasteiger partial charge in [0.05, 0.1) is 6.04 Å². The molecule has 1 aromatic rings. The molecular formula is C12H17BrN2O3. The third-order valence-corrected chi connectivity index (χ3v) is 3.08. The Hall–Kier alpha value is -1.04. The summed E-state index contributed by atoms with van der Waals surface area (Å²) in [6.45, 7) is 6.28. The quantitative estimate of drug-likeness (QED) is 0.795. The normalized spacial score (nSPS) is 20.2. The number of likely N-dealkylation sites (tertiary alicyclic amines) is 1. The lowest BCUT2D eigenvalue weighted by molar-refractivity contribution is 0.0204. The van der Waals surface area contributed by atoms with Gasteiger partial charge in [0.1, 0.15) is 10.2 Å². The molecule has 1 amide bonds. The highest BCUT2D eigenvalue weighted by Crippen LogP contribution is 2.34. The number of carbonyl (C=O) groups is 1. The largest absolute Gasteiger partial charge is 0.444 e. The Morgan fingerprint density at radius 2 is 2.33 bits per heavy atom. The molecule has 1 fully saturated rings. The molecule has 1 atom stereocenters. The van der Waals surface area contributed by atoms with Gasteiger partial charge in [0.15, 0.2) is 5.76 Å². The fraction of sp³-hybridized carbons (Fsp3) is 0.667. The van der Waals surface area contributed by atoms with E-state index in [2.05, 4.69) is 21.1 Å². The summed E-state index contributed by atoms with van der Waals surface area (Å²) in [5.41, 5.74) is -0.480. The zero-order valence-corrected chi connectivity index (χ0v) is 12.4. The molecular weight excluding hydrogens is 300 g/mol. The van der Waals surface area contributed by atoms with E-state index >= 15 is 0 Å². The Morgan fingerprint density at radius 3 is 2.89 bits per heavy atom. The van der Waals surface area contributed by atoms with Crippen molar-refractivity contribution in [2.75, 3.05) is 6.54 Å². The van der Waals surface area contributed by atoms with E-state index in [0.29, 0.717) is 16.9 Å². The molecule has 5 nitrogen and oxygen atoms in total. The number of hydrogen-bond acceptors (Lipinski definition) is 4. The Bertz CT molecular complexity index is 439. The summed E-state index contributed by atoms with van der Waals surface area (Å²) in [5, 5.41) is 3.79. The van der Waals surface area contributed by atoms with Crippen molar-refractivity contribution in [2.45, 2.75) is 45.3 Å². The van der Waals surface area contributed by atoms with Crippen molar-refractivity contribution in [2.24, 2.45) is 0 Å². The smallest absolute Gasteiger partial charge is 0.410 e. The van der Waals surface area contributed by atoms with Crippen molar-refractivity contribution < 1.29 is 14.1 Å². The lowest BCUT2D eigenvalue weighted by atomic mass is 10.2. The number of amides is 1. The fourth-order valence-corrected chi connectivity index (χ4v) is 2.32. The van der Waals surface area contributed by atoms with Gasteiger partial charge in [0.2, 0.25) is 0 Å². The standard InChI is InChI=1S/C12H17BrN2O3/c1-12(2,3)17-11(16)15-6-4-5-8(15)9-7-10(13)14-18-9/h7-8H,4-6H2,1-3H3. The van der Waals surface area contributed by atoms with Gasteiger partial charge in [-0.1, -0.05) is 5.16 Å². The predicted molar refractivity (Wildman–Crippen MR) is 69.1 cm³/mol. The van der Waals surface area contributed by atoms with Crippen LogP contribution in [0.4, 0.5) is 4.79 Å². The van der Waals surface area contributed by atoms with Crippen molar-refractivity contribution in [3.8, 4) is 0 Å². The highest BCUT2D eigenvalue weighted by Gasteiger charge is 2.35. The lowest BCUT2D eigenvalue weighted by Gasteiger charge is -2.27. The second kappa shape index (κ2) is 4.91. The van der Waals surface area contributed by atoms with Crippen LogP contribution in [0.5, 0.6) is 0 Å². The molecule has 0 saturated carbocycles. The Balaban J connectivity index is 2.10. The molecule has 1 unspecified atom stereocenters. The first-order chi connectivity index (χ1) is 8.37. The minimum absolute atomic E-state index is 0.0707. The van der Waals surface area contributed by atoms with Crippen LogP contribution >= 0.6 is 15.9 Å². The summed E-state index contributed by atoms with van der Waals surface area (Å²) in [6.07, 6.45) is 1.53. The molecule has 0 N–H and O–H groups in total. The first-order valence-corrected chi connectivity index (χ1v) is 6.78. The number of rotatable bonds is 1. The number of aromatic nitrogens is 1. The Labute approximate surface area is 115 Å². The maximum atomic E-state index is 12.1. The van der Waals surface area contributed by atoms with Crippen LogP contribution in [-0.2, 0) is 4.74 Å². The molecule has 1 aromatic heterocycles. The molecule has 0 spiro atoms. The van der Waals surface area contributed by atoms with Gasteiger partial charge < -0.3 is 9.26 Å². The van der Waals surface area contributed by atoms with Crippen LogP contribution in [0.1, 0.15) is 45.4 Å². The summed E-state index contributed by atoms with van der Waals surface area (Å²) in [7, 11) is 0. The van der Waals surface area contributed by atoms with E-state index in [1.54, 1.807) is 11.0 Å². The second-order valence-electron chi connectivity index (χ2n) is 5.38. The molecule has 1 aliphatic rings. The Kier molecular flexibility index (Phi) is 3.66. The minimum atomic E-state index is -0.480. The number of nitrogens with zero attached hydrogens (tertiary/aromatic N) is 2. The van der Waals surface area contributed by atoms with E-state index in [1.807, 2.05) is 20.8 Å². The van der Waals surface area contributed by atoms with Crippen molar-refractivity contribution in [1.82, 2.24) is 10.1 Å². The van der Waals surface area contributed by atoms with Gasteiger partial charge >= 0.3 is 6.09 Å². The second-order valence-corrected chi connectivity index (χ2v) is 6.20. The van der Waals surface area contributed by atoms with Crippen LogP contribution in [-0.4, -0.2) is 28.3 Å². The molecule has 100 valence electrons. The minimum Gasteiger partial charge on any atom is -0.444 e. The van der Waals surface area contributed by atoms with Gasteiger partial charge in [-0.3, -0.25) is 4.90 Å². The number of hydrogen-bond donors (Lipinski definition) is 0. The van der Waals surface area contributed by atoms with Gasteiger partial charge in [-0.25, -0.2) is 4.79 Å². The molecule has 6 heteroatoms. The summed E-state index contributed by atoms with van der Waals surface area (Å²) in [5.74, 6) is 0.699. The van der Waals surface area contributed by atoms with Crippen LogP contribution in [0.25, 0.3) is 0 Å². The van der Waals surface area contributed by atoms with Gasteiger partial charge in [-0.05, 0) is 49.5 Å². The van der Waals surface area contributed by atoms with E-state index in [1.165, 1.54) is 0 Å². The van der Waals surface area contributed by atoms with E-state index in [0.717, 1.165) is 12.8 Å². The molecule has 0 aromatic carbocycles. The highest BCUT2D eigenvalue weighted by molar-refractivity contribution is 9.10. The Morgan fingerprint density at radius 1 is 1.61 bits per heavy atom. The van der Waals surface area contributed by atoms with Crippen LogP contribution < -0.4 is 0 Å². The number of ether oxygens (including phenoxy) is 1. The summed E-state index contributed by atoms with van der Waals surface area (Å²) >= 11 is 3.25. The van der Waals surface area contributed by atoms with Crippen molar-refractivity contribution >= 4 is 22.0 Å². The first-order valence-electron chi connectivity index (χ1n) is 5.98. The van der Waals surface area contributed by atoms with Gasteiger partial charge in [0.25, 0.3) is 0 Å². The van der Waals surface area contributed by atoms with E-state index in [4.69, 9.17) is 9.26 Å². The van der Waals surface area contributed by atoms with Crippen LogP contribution in [0.3, 0.4) is 0 Å². The average Bonchev–Trinajstić information content (AvgIpc) is 2.81. The summed E-state index contributed by atoms with van der Waals surface area (Å²) in [4.78, 5) is 13.8. The van der Waals surface area contributed by atoms with Crippen LogP contribution in [0, 0.1) is 0 Å².